The van der Waals surface area contributed by atoms with Crippen LogP contribution in [-0.4, -0.2) is 67.6 Å². The lowest BCUT2D eigenvalue weighted by atomic mass is 9.81. The number of pyridine rings is 1. The molecule has 1 aromatic carbocycles. The Morgan fingerprint density at radius 1 is 1.38 bits per heavy atom. The number of fused-ring (bicyclic) bond motifs is 2. The third kappa shape index (κ3) is 2.48. The SMILES string of the molecule is CN(C)C[C@]12COC[C@H]1CN(C(=O)c1ccnc3ccccc13)C2. The second kappa shape index (κ2) is 5.83. The fraction of sp³-hybridized carbons (Fsp3) is 0.474. The van der Waals surface area contributed by atoms with Crippen molar-refractivity contribution in [3.8, 4) is 0 Å². The van der Waals surface area contributed by atoms with Crippen LogP contribution in [0.25, 0.3) is 10.9 Å². The van der Waals surface area contributed by atoms with Gasteiger partial charge < -0.3 is 14.5 Å². The van der Waals surface area contributed by atoms with Crippen LogP contribution in [0.2, 0.25) is 0 Å². The fourth-order valence-corrected chi connectivity index (χ4v) is 4.29. The molecule has 1 aromatic heterocycles. The van der Waals surface area contributed by atoms with Crippen LogP contribution in [-0.2, 0) is 4.74 Å². The summed E-state index contributed by atoms with van der Waals surface area (Å²) in [7, 11) is 4.18. The topological polar surface area (TPSA) is 45.7 Å². The molecule has 2 fully saturated rings. The third-order valence-corrected chi connectivity index (χ3v) is 5.32. The summed E-state index contributed by atoms with van der Waals surface area (Å²) in [5.41, 5.74) is 1.69. The van der Waals surface area contributed by atoms with Gasteiger partial charge in [0.2, 0.25) is 0 Å². The molecule has 0 radical (unpaired) electrons. The number of carbonyl (C=O) groups excluding carboxylic acids is 1. The highest BCUT2D eigenvalue weighted by molar-refractivity contribution is 6.06. The summed E-state index contributed by atoms with van der Waals surface area (Å²) in [6, 6.07) is 9.68. The predicted octanol–water partition coefficient (Wildman–Crippen LogP) is 1.88. The first kappa shape index (κ1) is 15.5. The maximum Gasteiger partial charge on any atom is 0.254 e. The maximum absolute atomic E-state index is 13.2. The van der Waals surface area contributed by atoms with Crippen molar-refractivity contribution in [3.05, 3.63) is 42.1 Å². The molecule has 24 heavy (non-hydrogen) atoms. The van der Waals surface area contributed by atoms with Crippen molar-refractivity contribution in [2.45, 2.75) is 0 Å². The van der Waals surface area contributed by atoms with E-state index in [1.165, 1.54) is 0 Å². The molecule has 0 saturated carbocycles. The summed E-state index contributed by atoms with van der Waals surface area (Å²) in [6.07, 6.45) is 1.73. The maximum atomic E-state index is 13.2. The molecular weight excluding hydrogens is 302 g/mol. The van der Waals surface area contributed by atoms with E-state index in [0.29, 0.717) is 5.92 Å². The van der Waals surface area contributed by atoms with Crippen LogP contribution >= 0.6 is 0 Å². The van der Waals surface area contributed by atoms with Crippen molar-refractivity contribution in [2.75, 3.05) is 46.9 Å². The highest BCUT2D eigenvalue weighted by Gasteiger charge is 2.52. The molecule has 2 atom stereocenters. The standard InChI is InChI=1S/C19H23N3O2/c1-21(2)11-19-12-22(9-14(19)10-24-13-19)18(23)16-7-8-20-17-6-4-3-5-15(16)17/h3-8,14H,9-13H2,1-2H3/t14-,19+/m1/s1. The Labute approximate surface area is 142 Å². The number of para-hydroxylation sites is 1. The van der Waals surface area contributed by atoms with Crippen molar-refractivity contribution in [3.63, 3.8) is 0 Å². The van der Waals surface area contributed by atoms with Crippen LogP contribution in [0.1, 0.15) is 10.4 Å². The van der Waals surface area contributed by atoms with Gasteiger partial charge in [-0.1, -0.05) is 18.2 Å². The first-order valence-corrected chi connectivity index (χ1v) is 8.45. The third-order valence-electron chi connectivity index (χ3n) is 5.32. The van der Waals surface area contributed by atoms with E-state index < -0.39 is 0 Å². The number of amides is 1. The quantitative estimate of drug-likeness (QED) is 0.864. The van der Waals surface area contributed by atoms with Gasteiger partial charge >= 0.3 is 0 Å². The molecule has 5 heteroatoms. The summed E-state index contributed by atoms with van der Waals surface area (Å²) in [6.45, 7) is 4.01. The van der Waals surface area contributed by atoms with Crippen LogP contribution in [0.3, 0.4) is 0 Å². The molecule has 2 aliphatic heterocycles. The van der Waals surface area contributed by atoms with Crippen LogP contribution in [0.5, 0.6) is 0 Å². The molecule has 1 amide bonds. The molecule has 2 aliphatic rings. The lowest BCUT2D eigenvalue weighted by Gasteiger charge is -2.30. The number of nitrogens with zero attached hydrogens (tertiary/aromatic N) is 3. The first-order valence-electron chi connectivity index (χ1n) is 8.45. The zero-order valence-corrected chi connectivity index (χ0v) is 14.2. The Morgan fingerprint density at radius 3 is 3.04 bits per heavy atom. The molecule has 0 N–H and O–H groups in total. The zero-order valence-electron chi connectivity index (χ0n) is 14.2. The minimum atomic E-state index is 0.0714. The van der Waals surface area contributed by atoms with E-state index in [2.05, 4.69) is 24.0 Å². The number of aromatic nitrogens is 1. The minimum absolute atomic E-state index is 0.0714. The second-order valence-corrected chi connectivity index (χ2v) is 7.37. The van der Waals surface area contributed by atoms with Crippen LogP contribution in [0.15, 0.2) is 36.5 Å². The largest absolute Gasteiger partial charge is 0.380 e. The van der Waals surface area contributed by atoms with Gasteiger partial charge in [0.25, 0.3) is 5.91 Å². The van der Waals surface area contributed by atoms with Crippen molar-refractivity contribution in [1.82, 2.24) is 14.8 Å². The normalized spacial score (nSPS) is 26.3. The molecule has 4 rings (SSSR count). The zero-order chi connectivity index (χ0) is 16.7. The second-order valence-electron chi connectivity index (χ2n) is 7.37. The Hall–Kier alpha value is -1.98. The summed E-state index contributed by atoms with van der Waals surface area (Å²) >= 11 is 0. The van der Waals surface area contributed by atoms with Gasteiger partial charge in [-0.25, -0.2) is 0 Å². The van der Waals surface area contributed by atoms with Gasteiger partial charge in [0.05, 0.1) is 24.3 Å². The van der Waals surface area contributed by atoms with Gasteiger partial charge in [0.15, 0.2) is 0 Å². The molecule has 5 nitrogen and oxygen atoms in total. The van der Waals surface area contributed by atoms with E-state index >= 15 is 0 Å². The van der Waals surface area contributed by atoms with Crippen molar-refractivity contribution < 1.29 is 9.53 Å². The van der Waals surface area contributed by atoms with E-state index in [9.17, 15) is 4.79 Å². The Balaban J connectivity index is 1.64. The number of ether oxygens (including phenoxy) is 1. The van der Waals surface area contributed by atoms with E-state index in [4.69, 9.17) is 4.74 Å². The lowest BCUT2D eigenvalue weighted by Crippen LogP contribution is -2.41. The summed E-state index contributed by atoms with van der Waals surface area (Å²) in [4.78, 5) is 21.7. The summed E-state index contributed by atoms with van der Waals surface area (Å²) in [5, 5.41) is 0.931. The average Bonchev–Trinajstić information content (AvgIpc) is 3.09. The smallest absolute Gasteiger partial charge is 0.254 e. The number of rotatable bonds is 3. The molecule has 0 bridgehead atoms. The minimum Gasteiger partial charge on any atom is -0.380 e. The van der Waals surface area contributed by atoms with Crippen LogP contribution < -0.4 is 0 Å². The van der Waals surface area contributed by atoms with Gasteiger partial charge in [-0.2, -0.15) is 0 Å². The summed E-state index contributed by atoms with van der Waals surface area (Å²) in [5.74, 6) is 0.540. The van der Waals surface area contributed by atoms with E-state index in [1.54, 1.807) is 6.20 Å². The Bertz CT molecular complexity index is 771. The van der Waals surface area contributed by atoms with Crippen molar-refractivity contribution in [2.24, 2.45) is 11.3 Å². The monoisotopic (exact) mass is 325 g/mol. The molecule has 0 aliphatic carbocycles. The first-order chi connectivity index (χ1) is 11.6. The lowest BCUT2D eigenvalue weighted by molar-refractivity contribution is 0.0699. The predicted molar refractivity (Wildman–Crippen MR) is 92.9 cm³/mol. The van der Waals surface area contributed by atoms with Gasteiger partial charge in [-0.05, 0) is 26.2 Å². The highest BCUT2D eigenvalue weighted by atomic mass is 16.5. The van der Waals surface area contributed by atoms with Gasteiger partial charge in [-0.3, -0.25) is 9.78 Å². The van der Waals surface area contributed by atoms with Crippen LogP contribution in [0.4, 0.5) is 0 Å². The summed E-state index contributed by atoms with van der Waals surface area (Å²) < 4.78 is 5.75. The molecular formula is C19H23N3O2. The molecule has 0 spiro atoms. The van der Waals surface area contributed by atoms with E-state index in [0.717, 1.165) is 49.3 Å². The number of likely N-dealkylation sites (tertiary alicyclic amines) is 1. The number of hydrogen-bond donors (Lipinski definition) is 0. The fourth-order valence-electron chi connectivity index (χ4n) is 4.29. The number of carbonyl (C=O) groups is 1. The highest BCUT2D eigenvalue weighted by Crippen LogP contribution is 2.42. The van der Waals surface area contributed by atoms with E-state index in [1.807, 2.05) is 35.2 Å². The molecule has 2 aromatic rings. The van der Waals surface area contributed by atoms with E-state index in [-0.39, 0.29) is 11.3 Å². The molecule has 0 unspecified atom stereocenters. The van der Waals surface area contributed by atoms with Crippen molar-refractivity contribution >= 4 is 16.8 Å². The van der Waals surface area contributed by atoms with Crippen molar-refractivity contribution in [1.29, 1.82) is 0 Å². The average molecular weight is 325 g/mol. The Morgan fingerprint density at radius 2 is 2.21 bits per heavy atom. The molecule has 3 heterocycles. The van der Waals surface area contributed by atoms with Gasteiger partial charge in [0, 0.05) is 42.6 Å². The van der Waals surface area contributed by atoms with Gasteiger partial charge in [0.1, 0.15) is 0 Å². The number of benzene rings is 1. The Kier molecular flexibility index (Phi) is 3.77. The molecule has 126 valence electrons. The molecule has 2 saturated heterocycles. The van der Waals surface area contributed by atoms with Gasteiger partial charge in [-0.15, -0.1) is 0 Å². The van der Waals surface area contributed by atoms with Crippen LogP contribution in [0, 0.1) is 11.3 Å². The number of hydrogen-bond acceptors (Lipinski definition) is 4.